The number of nitrogens with zero attached hydrogens (tertiary/aromatic N) is 3. The number of likely N-dealkylation sites (tertiary alicyclic amines) is 1. The van der Waals surface area contributed by atoms with Gasteiger partial charge in [-0.05, 0) is 50.4 Å². The third-order valence-electron chi connectivity index (χ3n) is 4.68. The molecule has 0 unspecified atom stereocenters. The number of hydrogen-bond donors (Lipinski definition) is 0. The number of fused-ring (bicyclic) bond motifs is 1. The molecule has 0 aliphatic carbocycles. The molecule has 1 aliphatic rings. The van der Waals surface area contributed by atoms with Crippen molar-refractivity contribution < 1.29 is 4.74 Å². The van der Waals surface area contributed by atoms with Gasteiger partial charge in [0.2, 0.25) is 5.88 Å². The van der Waals surface area contributed by atoms with Crippen LogP contribution in [0.2, 0.25) is 0 Å². The van der Waals surface area contributed by atoms with Crippen LogP contribution in [0.4, 0.5) is 0 Å². The standard InChI is InChI=1S/C22H23N3OS/c1-3-8-18(9-4-1)10-11-19-22(24-21-17-27-16-20(21)23-19)26-15-7-14-25-12-5-2-6-13-25/h1,3-4,8-9,16-17H,2,5-7,12-15H2. The van der Waals surface area contributed by atoms with Crippen LogP contribution in [0.5, 0.6) is 5.88 Å². The molecule has 4 nitrogen and oxygen atoms in total. The summed E-state index contributed by atoms with van der Waals surface area (Å²) in [6.45, 7) is 4.16. The van der Waals surface area contributed by atoms with Crippen molar-refractivity contribution >= 4 is 22.4 Å². The summed E-state index contributed by atoms with van der Waals surface area (Å²) in [6, 6.07) is 9.93. The first-order valence-corrected chi connectivity index (χ1v) is 10.5. The predicted molar refractivity (Wildman–Crippen MR) is 110 cm³/mol. The minimum atomic E-state index is 0.544. The van der Waals surface area contributed by atoms with E-state index in [1.165, 1.54) is 32.4 Å². The Morgan fingerprint density at radius 1 is 0.963 bits per heavy atom. The van der Waals surface area contributed by atoms with Crippen LogP contribution >= 0.6 is 11.3 Å². The van der Waals surface area contributed by atoms with Crippen molar-refractivity contribution in [3.8, 4) is 17.7 Å². The largest absolute Gasteiger partial charge is 0.476 e. The van der Waals surface area contributed by atoms with Gasteiger partial charge in [0.1, 0.15) is 11.0 Å². The van der Waals surface area contributed by atoms with Crippen molar-refractivity contribution in [1.82, 2.24) is 14.9 Å². The molecule has 5 heteroatoms. The highest BCUT2D eigenvalue weighted by Crippen LogP contribution is 2.21. The Morgan fingerprint density at radius 2 is 1.74 bits per heavy atom. The fraction of sp³-hybridized carbons (Fsp3) is 0.364. The van der Waals surface area contributed by atoms with Gasteiger partial charge in [0.25, 0.3) is 0 Å². The Bertz CT molecular complexity index is 936. The molecular formula is C22H23N3OS. The first-order valence-electron chi connectivity index (χ1n) is 9.55. The lowest BCUT2D eigenvalue weighted by atomic mass is 10.1. The summed E-state index contributed by atoms with van der Waals surface area (Å²) >= 11 is 1.60. The molecule has 3 aromatic rings. The lowest BCUT2D eigenvalue weighted by Gasteiger charge is -2.26. The number of rotatable bonds is 5. The maximum atomic E-state index is 6.00. The molecule has 1 aromatic carbocycles. The van der Waals surface area contributed by atoms with Crippen LogP contribution in [0.15, 0.2) is 41.1 Å². The smallest absolute Gasteiger partial charge is 0.249 e. The number of benzene rings is 1. The van der Waals surface area contributed by atoms with E-state index < -0.39 is 0 Å². The van der Waals surface area contributed by atoms with E-state index in [1.807, 2.05) is 41.1 Å². The molecule has 0 bridgehead atoms. The Balaban J connectivity index is 1.46. The molecule has 2 aromatic heterocycles. The van der Waals surface area contributed by atoms with E-state index in [4.69, 9.17) is 4.74 Å². The summed E-state index contributed by atoms with van der Waals surface area (Å²) in [7, 11) is 0. The van der Waals surface area contributed by atoms with Gasteiger partial charge < -0.3 is 9.64 Å². The normalized spacial score (nSPS) is 14.7. The summed E-state index contributed by atoms with van der Waals surface area (Å²) in [5.41, 5.74) is 3.32. The van der Waals surface area contributed by atoms with Crippen LogP contribution < -0.4 is 4.74 Å². The molecule has 0 saturated carbocycles. The van der Waals surface area contributed by atoms with Crippen LogP contribution in [0.1, 0.15) is 36.9 Å². The van der Waals surface area contributed by atoms with E-state index in [0.717, 1.165) is 29.6 Å². The Labute approximate surface area is 164 Å². The summed E-state index contributed by atoms with van der Waals surface area (Å²) in [6.07, 6.45) is 5.00. The average Bonchev–Trinajstić information content (AvgIpc) is 3.18. The Morgan fingerprint density at radius 3 is 2.56 bits per heavy atom. The molecule has 3 heterocycles. The van der Waals surface area contributed by atoms with Gasteiger partial charge in [-0.15, -0.1) is 11.3 Å². The van der Waals surface area contributed by atoms with Gasteiger partial charge in [-0.25, -0.2) is 9.97 Å². The Kier molecular flexibility index (Phi) is 5.98. The quantitative estimate of drug-likeness (QED) is 0.490. The van der Waals surface area contributed by atoms with E-state index in [-0.39, 0.29) is 0 Å². The molecule has 0 atom stereocenters. The molecule has 1 fully saturated rings. The zero-order valence-corrected chi connectivity index (χ0v) is 16.2. The molecule has 27 heavy (non-hydrogen) atoms. The van der Waals surface area contributed by atoms with E-state index >= 15 is 0 Å². The molecule has 138 valence electrons. The zero-order valence-electron chi connectivity index (χ0n) is 15.4. The van der Waals surface area contributed by atoms with Gasteiger partial charge >= 0.3 is 0 Å². The van der Waals surface area contributed by atoms with Crippen molar-refractivity contribution in [2.24, 2.45) is 0 Å². The predicted octanol–water partition coefficient (Wildman–Crippen LogP) is 4.35. The lowest BCUT2D eigenvalue weighted by molar-refractivity contribution is 0.203. The van der Waals surface area contributed by atoms with Crippen LogP contribution in [0.3, 0.4) is 0 Å². The summed E-state index contributed by atoms with van der Waals surface area (Å²) in [4.78, 5) is 11.8. The fourth-order valence-electron chi connectivity index (χ4n) is 3.26. The molecular weight excluding hydrogens is 354 g/mol. The minimum absolute atomic E-state index is 0.544. The third kappa shape index (κ3) is 4.85. The van der Waals surface area contributed by atoms with Crippen LogP contribution in [-0.2, 0) is 0 Å². The summed E-state index contributed by atoms with van der Waals surface area (Å²) in [5.74, 6) is 6.85. The van der Waals surface area contributed by atoms with Crippen molar-refractivity contribution in [2.45, 2.75) is 25.7 Å². The van der Waals surface area contributed by atoms with Crippen LogP contribution in [0.25, 0.3) is 11.0 Å². The number of piperidine rings is 1. The van der Waals surface area contributed by atoms with Crippen molar-refractivity contribution in [3.05, 3.63) is 52.3 Å². The first kappa shape index (κ1) is 18.0. The van der Waals surface area contributed by atoms with E-state index in [0.29, 0.717) is 18.2 Å². The second-order valence-corrected chi connectivity index (χ2v) is 7.48. The highest BCUT2D eigenvalue weighted by atomic mass is 32.1. The molecule has 0 amide bonds. The van der Waals surface area contributed by atoms with Crippen molar-refractivity contribution in [3.63, 3.8) is 0 Å². The molecule has 1 saturated heterocycles. The molecule has 1 aliphatic heterocycles. The highest BCUT2D eigenvalue weighted by Gasteiger charge is 2.11. The van der Waals surface area contributed by atoms with Crippen LogP contribution in [-0.4, -0.2) is 41.1 Å². The highest BCUT2D eigenvalue weighted by molar-refractivity contribution is 7.09. The van der Waals surface area contributed by atoms with E-state index in [9.17, 15) is 0 Å². The maximum Gasteiger partial charge on any atom is 0.249 e. The number of hydrogen-bond acceptors (Lipinski definition) is 5. The van der Waals surface area contributed by atoms with E-state index in [1.54, 1.807) is 11.3 Å². The van der Waals surface area contributed by atoms with Gasteiger partial charge in [-0.3, -0.25) is 0 Å². The Hall–Kier alpha value is -2.42. The molecule has 4 rings (SSSR count). The van der Waals surface area contributed by atoms with E-state index in [2.05, 4.69) is 26.7 Å². The molecule has 0 radical (unpaired) electrons. The number of aromatic nitrogens is 2. The van der Waals surface area contributed by atoms with Gasteiger partial charge in [-0.1, -0.05) is 30.5 Å². The average molecular weight is 378 g/mol. The second-order valence-electron chi connectivity index (χ2n) is 6.74. The van der Waals surface area contributed by atoms with Crippen LogP contribution in [0, 0.1) is 11.8 Å². The molecule has 0 spiro atoms. The van der Waals surface area contributed by atoms with Crippen molar-refractivity contribution in [1.29, 1.82) is 0 Å². The summed E-state index contributed by atoms with van der Waals surface area (Å²) in [5, 5.41) is 3.99. The fourth-order valence-corrected chi connectivity index (χ4v) is 3.93. The molecule has 0 N–H and O–H groups in total. The van der Waals surface area contributed by atoms with Crippen molar-refractivity contribution in [2.75, 3.05) is 26.2 Å². The SMILES string of the molecule is C(#Cc1nc2cscc2nc1OCCCN1CCCCC1)c1ccccc1. The second kappa shape index (κ2) is 8.98. The number of thiophene rings is 1. The monoisotopic (exact) mass is 377 g/mol. The van der Waals surface area contributed by atoms with Gasteiger partial charge in [-0.2, -0.15) is 0 Å². The zero-order chi connectivity index (χ0) is 18.3. The minimum Gasteiger partial charge on any atom is -0.476 e. The summed E-state index contributed by atoms with van der Waals surface area (Å²) < 4.78 is 6.00. The third-order valence-corrected chi connectivity index (χ3v) is 5.40. The lowest BCUT2D eigenvalue weighted by Crippen LogP contribution is -2.31. The van der Waals surface area contributed by atoms with Gasteiger partial charge in [0.15, 0.2) is 5.69 Å². The topological polar surface area (TPSA) is 38.3 Å². The van der Waals surface area contributed by atoms with Gasteiger partial charge in [0.05, 0.1) is 6.61 Å². The first-order chi connectivity index (χ1) is 13.4. The number of ether oxygens (including phenoxy) is 1. The van der Waals surface area contributed by atoms with Gasteiger partial charge in [0, 0.05) is 22.9 Å². The maximum absolute atomic E-state index is 6.00.